The molecule has 0 spiro atoms. The van der Waals surface area contributed by atoms with Gasteiger partial charge in [-0.2, -0.15) is 0 Å². The minimum absolute atomic E-state index is 0.0304. The molecular formula is C15H21NO5. The van der Waals surface area contributed by atoms with E-state index in [-0.39, 0.29) is 13.2 Å². The largest absolute Gasteiger partial charge is 0.480 e. The van der Waals surface area contributed by atoms with Gasteiger partial charge in [-0.3, -0.25) is 0 Å². The summed E-state index contributed by atoms with van der Waals surface area (Å²) in [6.07, 6.45) is 2.22. The van der Waals surface area contributed by atoms with E-state index < -0.39 is 18.5 Å². The van der Waals surface area contributed by atoms with Gasteiger partial charge in [-0.1, -0.05) is 13.3 Å². The van der Waals surface area contributed by atoms with Gasteiger partial charge in [0.15, 0.2) is 0 Å². The van der Waals surface area contributed by atoms with Gasteiger partial charge in [0.05, 0.1) is 12.2 Å². The molecule has 0 heterocycles. The molecule has 0 aliphatic rings. The van der Waals surface area contributed by atoms with E-state index in [0.29, 0.717) is 5.56 Å². The third-order valence-corrected chi connectivity index (χ3v) is 2.67. The molecule has 2 N–H and O–H groups in total. The second-order valence-electron chi connectivity index (χ2n) is 4.44. The van der Waals surface area contributed by atoms with Crippen LogP contribution >= 0.6 is 0 Å². The lowest BCUT2D eigenvalue weighted by atomic mass is 10.2. The first-order chi connectivity index (χ1) is 10.1. The highest BCUT2D eigenvalue weighted by molar-refractivity contribution is 5.89. The highest BCUT2D eigenvalue weighted by Crippen LogP contribution is 2.10. The molecule has 0 aliphatic heterocycles. The van der Waals surface area contributed by atoms with Crippen LogP contribution in [-0.4, -0.2) is 43.4 Å². The van der Waals surface area contributed by atoms with Crippen LogP contribution in [0.2, 0.25) is 0 Å². The monoisotopic (exact) mass is 295 g/mol. The van der Waals surface area contributed by atoms with Gasteiger partial charge in [0.1, 0.15) is 13.2 Å². The molecular weight excluding hydrogens is 274 g/mol. The van der Waals surface area contributed by atoms with Gasteiger partial charge in [-0.05, 0) is 30.7 Å². The van der Waals surface area contributed by atoms with Gasteiger partial charge in [0.25, 0.3) is 0 Å². The van der Waals surface area contributed by atoms with Gasteiger partial charge < -0.3 is 19.9 Å². The number of benzene rings is 1. The fraction of sp³-hybridized carbons (Fsp3) is 0.467. The number of anilines is 1. The van der Waals surface area contributed by atoms with Gasteiger partial charge in [0.2, 0.25) is 0 Å². The maximum Gasteiger partial charge on any atom is 0.338 e. The number of carbonyl (C=O) groups excluding carboxylic acids is 1. The summed E-state index contributed by atoms with van der Waals surface area (Å²) in [5.41, 5.74) is 1.42. The number of ether oxygens (including phenoxy) is 2. The molecule has 0 radical (unpaired) electrons. The van der Waals surface area contributed by atoms with Crippen LogP contribution in [0.1, 0.15) is 30.1 Å². The zero-order valence-corrected chi connectivity index (χ0v) is 12.1. The number of rotatable bonds is 10. The second-order valence-corrected chi connectivity index (χ2v) is 4.44. The van der Waals surface area contributed by atoms with Crippen molar-refractivity contribution >= 4 is 17.6 Å². The predicted octanol–water partition coefficient (Wildman–Crippen LogP) is 2.16. The number of unbranched alkanes of at least 4 members (excludes halogenated alkanes) is 1. The van der Waals surface area contributed by atoms with E-state index in [4.69, 9.17) is 14.6 Å². The molecule has 0 unspecified atom stereocenters. The molecule has 0 fully saturated rings. The molecule has 0 bridgehead atoms. The molecule has 0 aromatic heterocycles. The Labute approximate surface area is 124 Å². The molecule has 1 aromatic carbocycles. The molecule has 0 aliphatic carbocycles. The maximum atomic E-state index is 11.7. The van der Waals surface area contributed by atoms with E-state index in [2.05, 4.69) is 12.2 Å². The highest BCUT2D eigenvalue weighted by atomic mass is 16.6. The van der Waals surface area contributed by atoms with Crippen molar-refractivity contribution in [1.82, 2.24) is 0 Å². The van der Waals surface area contributed by atoms with Gasteiger partial charge in [0, 0.05) is 12.2 Å². The van der Waals surface area contributed by atoms with Crippen LogP contribution in [0, 0.1) is 0 Å². The molecule has 21 heavy (non-hydrogen) atoms. The van der Waals surface area contributed by atoms with Crippen molar-refractivity contribution in [3.63, 3.8) is 0 Å². The number of nitrogens with one attached hydrogen (secondary N) is 1. The number of carboxylic acid groups (broad SMARTS) is 1. The summed E-state index contributed by atoms with van der Waals surface area (Å²) in [7, 11) is 0. The number of esters is 1. The van der Waals surface area contributed by atoms with Crippen LogP contribution in [0.25, 0.3) is 0 Å². The van der Waals surface area contributed by atoms with Crippen LogP contribution in [0.3, 0.4) is 0 Å². The Balaban J connectivity index is 2.29. The summed E-state index contributed by atoms with van der Waals surface area (Å²) >= 11 is 0. The van der Waals surface area contributed by atoms with Crippen molar-refractivity contribution in [1.29, 1.82) is 0 Å². The second kappa shape index (κ2) is 9.77. The SMILES string of the molecule is CCCCNc1ccc(C(=O)OCCOCC(=O)O)cc1. The van der Waals surface area contributed by atoms with E-state index in [0.717, 1.165) is 25.1 Å². The molecule has 1 rings (SSSR count). The average molecular weight is 295 g/mol. The summed E-state index contributed by atoms with van der Waals surface area (Å²) in [4.78, 5) is 21.9. The molecule has 6 heteroatoms. The first kappa shape index (κ1) is 17.0. The molecule has 0 amide bonds. The predicted molar refractivity (Wildman–Crippen MR) is 78.6 cm³/mol. The van der Waals surface area contributed by atoms with E-state index in [1.807, 2.05) is 12.1 Å². The minimum atomic E-state index is -1.05. The Morgan fingerprint density at radius 1 is 1.19 bits per heavy atom. The Morgan fingerprint density at radius 2 is 1.90 bits per heavy atom. The fourth-order valence-electron chi connectivity index (χ4n) is 1.57. The Bertz CT molecular complexity index is 444. The molecule has 116 valence electrons. The lowest BCUT2D eigenvalue weighted by molar-refractivity contribution is -0.142. The third kappa shape index (κ3) is 7.31. The first-order valence-electron chi connectivity index (χ1n) is 6.94. The topological polar surface area (TPSA) is 84.9 Å². The van der Waals surface area contributed by atoms with Crippen molar-refractivity contribution in [2.24, 2.45) is 0 Å². The standard InChI is InChI=1S/C15H21NO5/c1-2-3-8-16-13-6-4-12(5-7-13)15(19)21-10-9-20-11-14(17)18/h4-7,16H,2-3,8-11H2,1H3,(H,17,18). The van der Waals surface area contributed by atoms with E-state index in [1.54, 1.807) is 12.1 Å². The van der Waals surface area contributed by atoms with Crippen molar-refractivity contribution < 1.29 is 24.2 Å². The molecule has 1 aromatic rings. The molecule has 0 atom stereocenters. The van der Waals surface area contributed by atoms with Crippen molar-refractivity contribution in [2.75, 3.05) is 31.7 Å². The summed E-state index contributed by atoms with van der Waals surface area (Å²) in [6, 6.07) is 7.03. The number of aliphatic carboxylic acids is 1. The Kier molecular flexibility index (Phi) is 7.89. The van der Waals surface area contributed by atoms with Crippen LogP contribution in [0.15, 0.2) is 24.3 Å². The molecule has 0 saturated heterocycles. The summed E-state index contributed by atoms with van der Waals surface area (Å²) in [5, 5.41) is 11.6. The van der Waals surface area contributed by atoms with Crippen LogP contribution in [0.5, 0.6) is 0 Å². The lowest BCUT2D eigenvalue weighted by Crippen LogP contribution is -2.14. The van der Waals surface area contributed by atoms with Crippen LogP contribution in [0.4, 0.5) is 5.69 Å². The van der Waals surface area contributed by atoms with Gasteiger partial charge in [-0.15, -0.1) is 0 Å². The quantitative estimate of drug-likeness (QED) is 0.508. The Morgan fingerprint density at radius 3 is 2.52 bits per heavy atom. The smallest absolute Gasteiger partial charge is 0.338 e. The molecule has 6 nitrogen and oxygen atoms in total. The zero-order valence-electron chi connectivity index (χ0n) is 12.1. The van der Waals surface area contributed by atoms with Crippen LogP contribution in [-0.2, 0) is 14.3 Å². The van der Waals surface area contributed by atoms with Gasteiger partial charge in [-0.25, -0.2) is 9.59 Å². The molecule has 0 saturated carbocycles. The van der Waals surface area contributed by atoms with Crippen molar-refractivity contribution in [3.05, 3.63) is 29.8 Å². The van der Waals surface area contributed by atoms with E-state index >= 15 is 0 Å². The lowest BCUT2D eigenvalue weighted by Gasteiger charge is -2.07. The number of carboxylic acids is 1. The highest BCUT2D eigenvalue weighted by Gasteiger charge is 2.07. The summed E-state index contributed by atoms with van der Waals surface area (Å²) < 4.78 is 9.74. The fourth-order valence-corrected chi connectivity index (χ4v) is 1.57. The number of carbonyl (C=O) groups is 2. The maximum absolute atomic E-state index is 11.7. The van der Waals surface area contributed by atoms with E-state index in [1.165, 1.54) is 0 Å². The normalized spacial score (nSPS) is 10.1. The Hall–Kier alpha value is -2.08. The number of hydrogen-bond donors (Lipinski definition) is 2. The number of hydrogen-bond acceptors (Lipinski definition) is 5. The van der Waals surface area contributed by atoms with Crippen LogP contribution < -0.4 is 5.32 Å². The van der Waals surface area contributed by atoms with Crippen molar-refractivity contribution in [2.45, 2.75) is 19.8 Å². The summed E-state index contributed by atoms with van der Waals surface area (Å²) in [5.74, 6) is -1.50. The first-order valence-corrected chi connectivity index (χ1v) is 6.94. The third-order valence-electron chi connectivity index (χ3n) is 2.67. The van der Waals surface area contributed by atoms with E-state index in [9.17, 15) is 9.59 Å². The summed E-state index contributed by atoms with van der Waals surface area (Å²) in [6.45, 7) is 2.73. The minimum Gasteiger partial charge on any atom is -0.480 e. The average Bonchev–Trinajstić information content (AvgIpc) is 2.47. The van der Waals surface area contributed by atoms with Crippen molar-refractivity contribution in [3.8, 4) is 0 Å². The van der Waals surface area contributed by atoms with Gasteiger partial charge >= 0.3 is 11.9 Å². The zero-order chi connectivity index (χ0) is 15.5.